The van der Waals surface area contributed by atoms with Crippen molar-refractivity contribution in [1.29, 1.82) is 0 Å². The standard InChI is InChI=1S/C26H27N5O5S2.C2H4O2/c1-13(2)14-7-9-15(10-8-14)21(20-23(34)29-25(36)30-24(20)35)28-26-31-22(33)18(38-26)12-19(32)27-16-5-4-6-17(11-16)37-3;1-2(3)4/h4-11,13,18,21H,12H2,1-3H3,(H,27,32)(H,28,31,33)(H3,29,30,34,35,36);1H3,(H,3,4). The van der Waals surface area contributed by atoms with Crippen LogP contribution in [0.2, 0.25) is 0 Å². The van der Waals surface area contributed by atoms with E-state index < -0.39 is 40.3 Å². The van der Waals surface area contributed by atoms with E-state index in [2.05, 4.69) is 25.6 Å². The maximum atomic E-state index is 12.7. The van der Waals surface area contributed by atoms with Crippen LogP contribution >= 0.6 is 23.5 Å². The van der Waals surface area contributed by atoms with Gasteiger partial charge in [0.05, 0.1) is 0 Å². The highest BCUT2D eigenvalue weighted by molar-refractivity contribution is 8.15. The van der Waals surface area contributed by atoms with Crippen LogP contribution in [0.4, 0.5) is 5.69 Å². The summed E-state index contributed by atoms with van der Waals surface area (Å²) in [6.07, 6.45) is 1.85. The van der Waals surface area contributed by atoms with Crippen molar-refractivity contribution >= 4 is 52.2 Å². The number of carbonyl (C=O) groups is 3. The van der Waals surface area contributed by atoms with E-state index in [0.29, 0.717) is 11.3 Å². The first-order chi connectivity index (χ1) is 19.9. The SMILES string of the molecule is CC(=O)O.CSc1cccc(NC(=O)CC2SC(=NC(c3ccc(C(C)C)cc3)c3c(O)[nH]c(=O)[nH]c3=O)NC2=O)c1. The molecule has 0 radical (unpaired) electrons. The van der Waals surface area contributed by atoms with E-state index in [1.165, 1.54) is 0 Å². The number of carbonyl (C=O) groups excluding carboxylic acids is 2. The largest absolute Gasteiger partial charge is 0.494 e. The summed E-state index contributed by atoms with van der Waals surface area (Å²) in [5.41, 5.74) is 0.453. The molecule has 2 aromatic carbocycles. The highest BCUT2D eigenvalue weighted by atomic mass is 32.2. The van der Waals surface area contributed by atoms with Crippen LogP contribution in [0.1, 0.15) is 55.8 Å². The molecule has 2 unspecified atom stereocenters. The Hall–Kier alpha value is -4.30. The molecule has 2 heterocycles. The van der Waals surface area contributed by atoms with Crippen molar-refractivity contribution in [3.8, 4) is 5.88 Å². The number of aliphatic carboxylic acids is 1. The molecule has 1 aromatic heterocycles. The summed E-state index contributed by atoms with van der Waals surface area (Å²) >= 11 is 2.62. The Morgan fingerprint density at radius 1 is 1.07 bits per heavy atom. The zero-order valence-electron chi connectivity index (χ0n) is 23.3. The Morgan fingerprint density at radius 3 is 2.31 bits per heavy atom. The third kappa shape index (κ3) is 8.85. The average molecular weight is 614 g/mol. The molecule has 14 heteroatoms. The molecule has 1 fully saturated rings. The number of thioether (sulfide) groups is 2. The van der Waals surface area contributed by atoms with Gasteiger partial charge in [0.2, 0.25) is 17.7 Å². The number of aliphatic imine (C=N–C) groups is 1. The number of amides is 2. The summed E-state index contributed by atoms with van der Waals surface area (Å²) in [6.45, 7) is 5.18. The Bertz CT molecular complexity index is 1600. The highest BCUT2D eigenvalue weighted by Gasteiger charge is 2.34. The van der Waals surface area contributed by atoms with E-state index in [4.69, 9.17) is 9.90 Å². The first-order valence-corrected chi connectivity index (χ1v) is 14.8. The lowest BCUT2D eigenvalue weighted by atomic mass is 9.96. The van der Waals surface area contributed by atoms with Crippen molar-refractivity contribution in [1.82, 2.24) is 15.3 Å². The van der Waals surface area contributed by atoms with E-state index in [-0.39, 0.29) is 29.0 Å². The molecule has 0 spiro atoms. The molecule has 222 valence electrons. The minimum Gasteiger partial charge on any atom is -0.494 e. The van der Waals surface area contributed by atoms with Crippen LogP contribution < -0.4 is 21.9 Å². The fraction of sp³-hybridized carbons (Fsp3) is 0.286. The van der Waals surface area contributed by atoms with Gasteiger partial charge in [-0.1, -0.05) is 55.9 Å². The molecule has 1 aliphatic heterocycles. The smallest absolute Gasteiger partial charge is 0.328 e. The van der Waals surface area contributed by atoms with Crippen LogP contribution in [-0.2, 0) is 14.4 Å². The zero-order valence-corrected chi connectivity index (χ0v) is 24.9. The number of anilines is 1. The van der Waals surface area contributed by atoms with Crippen LogP contribution in [0.5, 0.6) is 5.88 Å². The molecule has 1 aliphatic rings. The second-order valence-electron chi connectivity index (χ2n) is 9.43. The van der Waals surface area contributed by atoms with Gasteiger partial charge < -0.3 is 20.8 Å². The van der Waals surface area contributed by atoms with E-state index in [9.17, 15) is 24.3 Å². The van der Waals surface area contributed by atoms with Gasteiger partial charge in [0.15, 0.2) is 5.17 Å². The third-order valence-electron chi connectivity index (χ3n) is 5.90. The Labute approximate surface area is 249 Å². The molecule has 0 bridgehead atoms. The van der Waals surface area contributed by atoms with Gasteiger partial charge in [0.1, 0.15) is 16.9 Å². The number of aromatic nitrogens is 2. The van der Waals surface area contributed by atoms with Crippen molar-refractivity contribution in [3.05, 3.63) is 86.1 Å². The van der Waals surface area contributed by atoms with Crippen LogP contribution in [-0.4, -0.2) is 54.6 Å². The van der Waals surface area contributed by atoms with Gasteiger partial charge in [-0.15, -0.1) is 11.8 Å². The Morgan fingerprint density at radius 2 is 1.71 bits per heavy atom. The molecule has 1 saturated heterocycles. The van der Waals surface area contributed by atoms with Crippen molar-refractivity contribution in [2.75, 3.05) is 11.6 Å². The molecular weight excluding hydrogens is 582 g/mol. The molecule has 2 atom stereocenters. The minimum absolute atomic E-state index is 0.0861. The molecule has 12 nitrogen and oxygen atoms in total. The maximum Gasteiger partial charge on any atom is 0.328 e. The monoisotopic (exact) mass is 613 g/mol. The van der Waals surface area contributed by atoms with Crippen molar-refractivity contribution in [3.63, 3.8) is 0 Å². The lowest BCUT2D eigenvalue weighted by Crippen LogP contribution is -2.29. The van der Waals surface area contributed by atoms with E-state index >= 15 is 0 Å². The summed E-state index contributed by atoms with van der Waals surface area (Å²) in [7, 11) is 0. The number of aromatic amines is 2. The van der Waals surface area contributed by atoms with Gasteiger partial charge in [0, 0.05) is 23.9 Å². The van der Waals surface area contributed by atoms with Crippen molar-refractivity contribution in [2.24, 2.45) is 4.99 Å². The summed E-state index contributed by atoms with van der Waals surface area (Å²) in [5.74, 6) is -1.89. The van der Waals surface area contributed by atoms with Crippen molar-refractivity contribution in [2.45, 2.75) is 49.3 Å². The number of hydrogen-bond donors (Lipinski definition) is 6. The van der Waals surface area contributed by atoms with E-state index in [1.807, 2.05) is 50.4 Å². The van der Waals surface area contributed by atoms with Gasteiger partial charge in [-0.05, 0) is 41.5 Å². The molecule has 2 amide bonds. The molecule has 6 N–H and O–H groups in total. The number of nitrogens with one attached hydrogen (secondary N) is 4. The lowest BCUT2D eigenvalue weighted by Gasteiger charge is -2.15. The number of amidine groups is 1. The van der Waals surface area contributed by atoms with E-state index in [1.54, 1.807) is 30.0 Å². The fourth-order valence-electron chi connectivity index (χ4n) is 3.91. The minimum atomic E-state index is -1.03. The molecule has 42 heavy (non-hydrogen) atoms. The molecule has 4 rings (SSSR count). The number of nitrogens with zero attached hydrogens (tertiary/aromatic N) is 1. The van der Waals surface area contributed by atoms with Crippen LogP contribution in [0.3, 0.4) is 0 Å². The predicted molar refractivity (Wildman–Crippen MR) is 163 cm³/mol. The Balaban J connectivity index is 0.00000114. The zero-order chi connectivity index (χ0) is 31.0. The summed E-state index contributed by atoms with van der Waals surface area (Å²) in [4.78, 5) is 68.5. The number of hydrogen-bond acceptors (Lipinski definition) is 9. The fourth-order valence-corrected chi connectivity index (χ4v) is 5.36. The quantitative estimate of drug-likeness (QED) is 0.206. The number of H-pyrrole nitrogens is 2. The number of aromatic hydroxyl groups is 1. The number of benzene rings is 2. The topological polar surface area (TPSA) is 194 Å². The third-order valence-corrected chi connectivity index (χ3v) is 7.72. The molecule has 3 aromatic rings. The van der Waals surface area contributed by atoms with Gasteiger partial charge >= 0.3 is 5.69 Å². The van der Waals surface area contributed by atoms with Gasteiger partial charge in [0.25, 0.3) is 11.5 Å². The normalized spacial score (nSPS) is 16.0. The number of rotatable bonds is 8. The lowest BCUT2D eigenvalue weighted by molar-refractivity contribution is -0.134. The molecule has 0 aliphatic carbocycles. The second-order valence-corrected chi connectivity index (χ2v) is 11.5. The van der Waals surface area contributed by atoms with Crippen LogP contribution in [0.15, 0.2) is 68.0 Å². The van der Waals surface area contributed by atoms with Gasteiger partial charge in [-0.25, -0.2) is 9.79 Å². The first-order valence-electron chi connectivity index (χ1n) is 12.7. The van der Waals surface area contributed by atoms with Crippen molar-refractivity contribution < 1.29 is 24.6 Å². The number of carboxylic acids is 1. The molecule has 0 saturated carbocycles. The summed E-state index contributed by atoms with van der Waals surface area (Å²) in [5, 5.41) is 22.8. The summed E-state index contributed by atoms with van der Waals surface area (Å²) < 4.78 is 0. The Kier molecular flexibility index (Phi) is 11.2. The molecular formula is C28H31N5O7S2. The second kappa shape index (κ2) is 14.5. The van der Waals surface area contributed by atoms with Gasteiger partial charge in [-0.2, -0.15) is 0 Å². The summed E-state index contributed by atoms with van der Waals surface area (Å²) in [6, 6.07) is 13.7. The average Bonchev–Trinajstić information content (AvgIpc) is 3.25. The highest BCUT2D eigenvalue weighted by Crippen LogP contribution is 2.32. The first kappa shape index (κ1) is 32.2. The van der Waals surface area contributed by atoms with Crippen LogP contribution in [0.25, 0.3) is 0 Å². The number of carboxylic acid groups (broad SMARTS) is 1. The van der Waals surface area contributed by atoms with Crippen LogP contribution in [0, 0.1) is 0 Å². The van der Waals surface area contributed by atoms with Gasteiger partial charge in [-0.3, -0.25) is 29.1 Å². The maximum absolute atomic E-state index is 12.7. The van der Waals surface area contributed by atoms with E-state index in [0.717, 1.165) is 29.1 Å². The predicted octanol–water partition coefficient (Wildman–Crippen LogP) is 3.41.